The van der Waals surface area contributed by atoms with E-state index < -0.39 is 0 Å². The van der Waals surface area contributed by atoms with Crippen molar-refractivity contribution in [3.8, 4) is 0 Å². The van der Waals surface area contributed by atoms with E-state index in [2.05, 4.69) is 63.3 Å². The molecule has 0 aliphatic heterocycles. The number of hydrogen-bond acceptors (Lipinski definition) is 3. The summed E-state index contributed by atoms with van der Waals surface area (Å²) in [5, 5.41) is 0. The zero-order chi connectivity index (χ0) is 45.6. The minimum absolute atomic E-state index is 0.243. The van der Waals surface area contributed by atoms with E-state index in [0.29, 0.717) is 11.8 Å². The minimum atomic E-state index is 0.243. The summed E-state index contributed by atoms with van der Waals surface area (Å²) in [6.07, 6.45) is 49.9. The van der Waals surface area contributed by atoms with E-state index in [1.807, 2.05) is 0 Å². The first-order chi connectivity index (χ1) is 30.4. The zero-order valence-corrected chi connectivity index (χ0v) is 43.8. The van der Waals surface area contributed by atoms with Crippen molar-refractivity contribution in [2.45, 2.75) is 298 Å². The van der Waals surface area contributed by atoms with Crippen LogP contribution < -0.4 is 0 Å². The molecule has 2 unspecified atom stereocenters. The highest BCUT2D eigenvalue weighted by Gasteiger charge is 2.25. The van der Waals surface area contributed by atoms with Crippen molar-refractivity contribution in [2.24, 2.45) is 11.8 Å². The fourth-order valence-corrected chi connectivity index (χ4v) is 9.59. The Labute approximate surface area is 391 Å². The molecule has 0 spiro atoms. The summed E-state index contributed by atoms with van der Waals surface area (Å²) < 4.78 is 0. The summed E-state index contributed by atoms with van der Waals surface area (Å²) in [4.78, 5) is 35.4. The lowest BCUT2D eigenvalue weighted by molar-refractivity contribution is -0.137. The van der Waals surface area contributed by atoms with Gasteiger partial charge in [0.2, 0.25) is 11.8 Å². The van der Waals surface area contributed by atoms with E-state index in [1.165, 1.54) is 231 Å². The molecular formula is C57H115N3O2. The Kier molecular flexibility index (Phi) is 47.0. The molecule has 2 amide bonds. The number of hydrogen-bond donors (Lipinski definition) is 0. The molecule has 0 bridgehead atoms. The average Bonchev–Trinajstić information content (AvgIpc) is 3.27. The molecule has 0 saturated carbocycles. The van der Waals surface area contributed by atoms with Crippen LogP contribution in [0.15, 0.2) is 0 Å². The second kappa shape index (κ2) is 47.9. The maximum Gasteiger partial charge on any atom is 0.225 e. The molecule has 0 saturated heterocycles. The van der Waals surface area contributed by atoms with Crippen LogP contribution in [0.3, 0.4) is 0 Å². The molecule has 0 rings (SSSR count). The quantitative estimate of drug-likeness (QED) is 0.0572. The Morgan fingerprint density at radius 2 is 0.468 bits per heavy atom. The first kappa shape index (κ1) is 60.9. The first-order valence-corrected chi connectivity index (χ1v) is 28.7. The first-order valence-electron chi connectivity index (χ1n) is 28.7. The number of amides is 2. The van der Waals surface area contributed by atoms with Gasteiger partial charge in [0.05, 0.1) is 0 Å². The Morgan fingerprint density at radius 3 is 0.742 bits per heavy atom. The molecule has 0 N–H and O–H groups in total. The van der Waals surface area contributed by atoms with E-state index in [9.17, 15) is 9.59 Å². The summed E-state index contributed by atoms with van der Waals surface area (Å²) in [7, 11) is 2.31. The van der Waals surface area contributed by atoms with Gasteiger partial charge < -0.3 is 14.7 Å². The van der Waals surface area contributed by atoms with Gasteiger partial charge in [0, 0.05) is 38.0 Å². The van der Waals surface area contributed by atoms with Crippen LogP contribution >= 0.6 is 0 Å². The van der Waals surface area contributed by atoms with Gasteiger partial charge >= 0.3 is 0 Å². The SMILES string of the molecule is CCCCCCCCC(CCCCCC)C(=O)N(CCCCCC)CCCCCCN(C)CCCCCCN(CCCCCC)C(=O)C(CCCCCC)CCCCCCCC. The second-order valence-corrected chi connectivity index (χ2v) is 20.1. The summed E-state index contributed by atoms with van der Waals surface area (Å²) in [6, 6.07) is 0. The summed E-state index contributed by atoms with van der Waals surface area (Å²) in [6.45, 7) is 19.9. The van der Waals surface area contributed by atoms with Gasteiger partial charge in [0.25, 0.3) is 0 Å². The highest BCUT2D eigenvalue weighted by Crippen LogP contribution is 2.24. The van der Waals surface area contributed by atoms with Crippen molar-refractivity contribution in [3.63, 3.8) is 0 Å². The Hall–Kier alpha value is -1.10. The van der Waals surface area contributed by atoms with E-state index in [1.54, 1.807) is 0 Å². The predicted octanol–water partition coefficient (Wildman–Crippen LogP) is 17.5. The molecule has 5 heteroatoms. The number of unbranched alkanes of at least 4 members (excludes halogenated alkanes) is 28. The van der Waals surface area contributed by atoms with Gasteiger partial charge in [0.15, 0.2) is 0 Å². The lowest BCUT2D eigenvalue weighted by Gasteiger charge is -2.28. The normalized spacial score (nSPS) is 12.6. The molecule has 0 fully saturated rings. The van der Waals surface area contributed by atoms with Crippen LogP contribution in [0.4, 0.5) is 0 Å². The third-order valence-electron chi connectivity index (χ3n) is 13.9. The van der Waals surface area contributed by atoms with Crippen molar-refractivity contribution >= 4 is 11.8 Å². The van der Waals surface area contributed by atoms with E-state index in [-0.39, 0.29) is 11.8 Å². The molecule has 62 heavy (non-hydrogen) atoms. The van der Waals surface area contributed by atoms with Crippen LogP contribution in [-0.2, 0) is 9.59 Å². The second-order valence-electron chi connectivity index (χ2n) is 20.1. The fourth-order valence-electron chi connectivity index (χ4n) is 9.59. The lowest BCUT2D eigenvalue weighted by Crippen LogP contribution is -2.38. The molecule has 2 atom stereocenters. The van der Waals surface area contributed by atoms with Gasteiger partial charge in [-0.2, -0.15) is 0 Å². The Bertz CT molecular complexity index is 854. The van der Waals surface area contributed by atoms with Crippen molar-refractivity contribution < 1.29 is 9.59 Å². The molecule has 0 aromatic rings. The lowest BCUT2D eigenvalue weighted by atomic mass is 9.92. The van der Waals surface area contributed by atoms with Crippen LogP contribution in [0.1, 0.15) is 298 Å². The Balaban J connectivity index is 4.85. The van der Waals surface area contributed by atoms with E-state index in [4.69, 9.17) is 0 Å². The molecular weight excluding hydrogens is 759 g/mol. The van der Waals surface area contributed by atoms with Gasteiger partial charge in [-0.15, -0.1) is 0 Å². The van der Waals surface area contributed by atoms with Gasteiger partial charge in [-0.25, -0.2) is 0 Å². The molecule has 0 aromatic heterocycles. The average molecular weight is 875 g/mol. The van der Waals surface area contributed by atoms with E-state index in [0.717, 1.165) is 64.7 Å². The van der Waals surface area contributed by atoms with Crippen molar-refractivity contribution in [1.82, 2.24) is 14.7 Å². The molecule has 0 radical (unpaired) electrons. The predicted molar refractivity (Wildman–Crippen MR) is 276 cm³/mol. The van der Waals surface area contributed by atoms with Crippen LogP contribution in [0.2, 0.25) is 0 Å². The van der Waals surface area contributed by atoms with Gasteiger partial charge in [-0.3, -0.25) is 9.59 Å². The maximum absolute atomic E-state index is 14.1. The molecule has 0 aliphatic carbocycles. The van der Waals surface area contributed by atoms with Crippen LogP contribution in [0.25, 0.3) is 0 Å². The molecule has 0 heterocycles. The van der Waals surface area contributed by atoms with Gasteiger partial charge in [0.1, 0.15) is 0 Å². The standard InChI is InChI=1S/C57H115N3O2/c1-8-14-20-26-28-36-46-54(44-34-22-16-10-3)56(61)59(50-40-24-18-12-5)52-42-32-30-38-48-58(7)49-39-31-33-43-53-60(51-41-25-19-13-6)57(62)55(45-35-23-17-11-4)47-37-29-27-21-15-9-2/h54-55H,8-53H2,1-7H3. The topological polar surface area (TPSA) is 43.9 Å². The number of carbonyl (C=O) groups is 2. The highest BCUT2D eigenvalue weighted by molar-refractivity contribution is 5.79. The maximum atomic E-state index is 14.1. The summed E-state index contributed by atoms with van der Waals surface area (Å²) in [5.74, 6) is 1.46. The van der Waals surface area contributed by atoms with Gasteiger partial charge in [-0.1, -0.05) is 234 Å². The summed E-state index contributed by atoms with van der Waals surface area (Å²) >= 11 is 0. The van der Waals surface area contributed by atoms with Crippen molar-refractivity contribution in [3.05, 3.63) is 0 Å². The number of rotatable bonds is 50. The van der Waals surface area contributed by atoms with Crippen LogP contribution in [0.5, 0.6) is 0 Å². The van der Waals surface area contributed by atoms with E-state index >= 15 is 0 Å². The highest BCUT2D eigenvalue weighted by atomic mass is 16.2. The number of nitrogens with zero attached hydrogens (tertiary/aromatic N) is 3. The molecule has 0 aromatic carbocycles. The largest absolute Gasteiger partial charge is 0.342 e. The Morgan fingerprint density at radius 1 is 0.274 bits per heavy atom. The minimum Gasteiger partial charge on any atom is -0.342 e. The molecule has 0 aliphatic rings. The van der Waals surface area contributed by atoms with Gasteiger partial charge in [-0.05, 0) is 84.3 Å². The smallest absolute Gasteiger partial charge is 0.225 e. The summed E-state index contributed by atoms with van der Waals surface area (Å²) in [5.41, 5.74) is 0. The van der Waals surface area contributed by atoms with Crippen LogP contribution in [-0.4, -0.2) is 72.8 Å². The third kappa shape index (κ3) is 37.2. The van der Waals surface area contributed by atoms with Crippen LogP contribution in [0, 0.1) is 11.8 Å². The zero-order valence-electron chi connectivity index (χ0n) is 43.8. The molecule has 370 valence electrons. The number of carbonyl (C=O) groups excluding carboxylic acids is 2. The fraction of sp³-hybridized carbons (Fsp3) is 0.965. The van der Waals surface area contributed by atoms with Crippen molar-refractivity contribution in [1.29, 1.82) is 0 Å². The monoisotopic (exact) mass is 874 g/mol. The third-order valence-corrected chi connectivity index (χ3v) is 13.9. The molecule has 5 nitrogen and oxygen atoms in total. The van der Waals surface area contributed by atoms with Crippen molar-refractivity contribution in [2.75, 3.05) is 46.3 Å².